The van der Waals surface area contributed by atoms with Crippen molar-refractivity contribution < 1.29 is 13.2 Å². The maximum Gasteiger partial charge on any atom is 0.167 e. The van der Waals surface area contributed by atoms with Gasteiger partial charge in [-0.2, -0.15) is 0 Å². The lowest BCUT2D eigenvalue weighted by molar-refractivity contribution is 0.369. The summed E-state index contributed by atoms with van der Waals surface area (Å²) in [7, 11) is 0. The molecule has 0 amide bonds. The van der Waals surface area contributed by atoms with Crippen LogP contribution in [0.15, 0.2) is 66.7 Å². The van der Waals surface area contributed by atoms with E-state index >= 15 is 0 Å². The van der Waals surface area contributed by atoms with Crippen LogP contribution in [-0.2, 0) is 0 Å². The van der Waals surface area contributed by atoms with E-state index in [2.05, 4.69) is 0 Å². The zero-order valence-electron chi connectivity index (χ0n) is 17.0. The third kappa shape index (κ3) is 4.35. The molecule has 0 heterocycles. The summed E-state index contributed by atoms with van der Waals surface area (Å²) in [6, 6.07) is 17.7. The second kappa shape index (κ2) is 8.91. The standard InChI is InChI=1S/C27H25F3/c1-18-7-15-23(25(28)17-18)21-11-8-19(9-12-21)10-13-22-14-16-24(27(30)26(22)29)20-5-3-2-4-6-20/h2-7,10,13-17,19,21H,8-9,11-12H2,1H3. The molecule has 0 atom stereocenters. The van der Waals surface area contributed by atoms with Crippen molar-refractivity contribution in [2.45, 2.75) is 38.5 Å². The lowest BCUT2D eigenvalue weighted by Gasteiger charge is -2.27. The molecule has 0 nitrogen and oxygen atoms in total. The van der Waals surface area contributed by atoms with Crippen LogP contribution < -0.4 is 0 Å². The SMILES string of the molecule is Cc1ccc(C2CCC(C=Cc3ccc(-c4ccccc4)c(F)c3F)CC2)c(F)c1. The summed E-state index contributed by atoms with van der Waals surface area (Å²) in [6.07, 6.45) is 7.30. The molecule has 3 aromatic carbocycles. The Hall–Kier alpha value is -2.81. The van der Waals surface area contributed by atoms with Crippen LogP contribution in [0, 0.1) is 30.3 Å². The van der Waals surface area contributed by atoms with E-state index in [1.165, 1.54) is 0 Å². The average Bonchev–Trinajstić information content (AvgIpc) is 2.76. The summed E-state index contributed by atoms with van der Waals surface area (Å²) in [5, 5.41) is 0. The molecule has 4 rings (SSSR count). The number of aryl methyl sites for hydroxylation is 1. The van der Waals surface area contributed by atoms with Crippen molar-refractivity contribution in [3.8, 4) is 11.1 Å². The fraction of sp³-hybridized carbons (Fsp3) is 0.259. The number of hydrogen-bond donors (Lipinski definition) is 0. The van der Waals surface area contributed by atoms with Crippen LogP contribution in [0.4, 0.5) is 13.2 Å². The van der Waals surface area contributed by atoms with Gasteiger partial charge in [0.25, 0.3) is 0 Å². The highest BCUT2D eigenvalue weighted by Gasteiger charge is 2.23. The van der Waals surface area contributed by atoms with Crippen LogP contribution >= 0.6 is 0 Å². The largest absolute Gasteiger partial charge is 0.207 e. The van der Waals surface area contributed by atoms with Crippen molar-refractivity contribution >= 4 is 6.08 Å². The van der Waals surface area contributed by atoms with Crippen LogP contribution in [0.1, 0.15) is 48.3 Å². The molecule has 30 heavy (non-hydrogen) atoms. The van der Waals surface area contributed by atoms with Gasteiger partial charge < -0.3 is 0 Å². The first-order valence-electron chi connectivity index (χ1n) is 10.5. The van der Waals surface area contributed by atoms with E-state index in [0.29, 0.717) is 11.5 Å². The Morgan fingerprint density at radius 2 is 1.53 bits per heavy atom. The molecule has 3 heteroatoms. The predicted octanol–water partition coefficient (Wildman–Crippen LogP) is 8.07. The molecule has 1 aliphatic rings. The molecule has 154 valence electrons. The molecular formula is C27H25F3. The van der Waals surface area contributed by atoms with E-state index in [0.717, 1.165) is 36.8 Å². The summed E-state index contributed by atoms with van der Waals surface area (Å²) in [5.74, 6) is -1.23. The van der Waals surface area contributed by atoms with Gasteiger partial charge in [0, 0.05) is 11.1 Å². The summed E-state index contributed by atoms with van der Waals surface area (Å²) >= 11 is 0. The Labute approximate surface area is 176 Å². The molecule has 0 radical (unpaired) electrons. The average molecular weight is 406 g/mol. The van der Waals surface area contributed by atoms with Crippen molar-refractivity contribution in [3.05, 3.63) is 101 Å². The fourth-order valence-electron chi connectivity index (χ4n) is 4.36. The van der Waals surface area contributed by atoms with Crippen molar-refractivity contribution in [1.82, 2.24) is 0 Å². The summed E-state index contributed by atoms with van der Waals surface area (Å²) in [6.45, 7) is 1.89. The smallest absolute Gasteiger partial charge is 0.167 e. The third-order valence-corrected chi connectivity index (χ3v) is 6.11. The Kier molecular flexibility index (Phi) is 6.08. The zero-order valence-corrected chi connectivity index (χ0v) is 17.0. The normalized spacial score (nSPS) is 19.3. The van der Waals surface area contributed by atoms with E-state index < -0.39 is 11.6 Å². The van der Waals surface area contributed by atoms with Gasteiger partial charge in [0.1, 0.15) is 5.82 Å². The van der Waals surface area contributed by atoms with Crippen molar-refractivity contribution in [2.24, 2.45) is 5.92 Å². The van der Waals surface area contributed by atoms with Gasteiger partial charge in [-0.1, -0.05) is 66.7 Å². The minimum atomic E-state index is -0.818. The van der Waals surface area contributed by atoms with Gasteiger partial charge in [-0.25, -0.2) is 13.2 Å². The zero-order chi connectivity index (χ0) is 21.1. The molecule has 0 spiro atoms. The second-order valence-electron chi connectivity index (χ2n) is 8.19. The molecule has 1 aliphatic carbocycles. The van der Waals surface area contributed by atoms with E-state index in [-0.39, 0.29) is 22.9 Å². The molecule has 0 N–H and O–H groups in total. The van der Waals surface area contributed by atoms with Crippen molar-refractivity contribution in [2.75, 3.05) is 0 Å². The highest BCUT2D eigenvalue weighted by molar-refractivity contribution is 5.67. The molecule has 3 aromatic rings. The van der Waals surface area contributed by atoms with E-state index in [4.69, 9.17) is 0 Å². The Bertz CT molecular complexity index is 1050. The van der Waals surface area contributed by atoms with Gasteiger partial charge in [-0.05, 0) is 67.2 Å². The summed E-state index contributed by atoms with van der Waals surface area (Å²) in [4.78, 5) is 0. The molecule has 0 aromatic heterocycles. The number of allylic oxidation sites excluding steroid dienone is 1. The van der Waals surface area contributed by atoms with Gasteiger partial charge >= 0.3 is 0 Å². The first kappa shape index (κ1) is 20.5. The van der Waals surface area contributed by atoms with Crippen LogP contribution in [0.25, 0.3) is 17.2 Å². The van der Waals surface area contributed by atoms with E-state index in [9.17, 15) is 13.2 Å². The monoisotopic (exact) mass is 406 g/mol. The topological polar surface area (TPSA) is 0 Å². The molecule has 0 unspecified atom stereocenters. The molecule has 1 saturated carbocycles. The van der Waals surface area contributed by atoms with Gasteiger partial charge in [0.2, 0.25) is 0 Å². The molecule has 1 fully saturated rings. The van der Waals surface area contributed by atoms with E-state index in [1.54, 1.807) is 48.5 Å². The van der Waals surface area contributed by atoms with Gasteiger partial charge in [-0.15, -0.1) is 0 Å². The van der Waals surface area contributed by atoms with Gasteiger partial charge in [0.05, 0.1) is 0 Å². The Balaban J connectivity index is 1.43. The minimum Gasteiger partial charge on any atom is -0.207 e. The number of rotatable bonds is 4. The highest BCUT2D eigenvalue weighted by atomic mass is 19.2. The number of hydrogen-bond acceptors (Lipinski definition) is 0. The highest BCUT2D eigenvalue weighted by Crippen LogP contribution is 2.38. The van der Waals surface area contributed by atoms with Crippen LogP contribution in [0.3, 0.4) is 0 Å². The first-order chi connectivity index (χ1) is 14.5. The molecular weight excluding hydrogens is 381 g/mol. The first-order valence-corrected chi connectivity index (χ1v) is 10.5. The number of benzene rings is 3. The van der Waals surface area contributed by atoms with Gasteiger partial charge in [0.15, 0.2) is 11.6 Å². The summed E-state index contributed by atoms with van der Waals surface area (Å²) in [5.41, 5.74) is 2.92. The van der Waals surface area contributed by atoms with Crippen LogP contribution in [0.5, 0.6) is 0 Å². The van der Waals surface area contributed by atoms with Gasteiger partial charge in [-0.3, -0.25) is 0 Å². The fourth-order valence-corrected chi connectivity index (χ4v) is 4.36. The van der Waals surface area contributed by atoms with Crippen LogP contribution in [0.2, 0.25) is 0 Å². The summed E-state index contributed by atoms with van der Waals surface area (Å²) < 4.78 is 43.4. The predicted molar refractivity (Wildman–Crippen MR) is 117 cm³/mol. The molecule has 0 aliphatic heterocycles. The second-order valence-corrected chi connectivity index (χ2v) is 8.19. The third-order valence-electron chi connectivity index (χ3n) is 6.11. The number of halogens is 3. The Morgan fingerprint density at radius 3 is 2.23 bits per heavy atom. The minimum absolute atomic E-state index is 0.120. The Morgan fingerprint density at radius 1 is 0.800 bits per heavy atom. The van der Waals surface area contributed by atoms with Crippen LogP contribution in [-0.4, -0.2) is 0 Å². The van der Waals surface area contributed by atoms with Crippen molar-refractivity contribution in [3.63, 3.8) is 0 Å². The maximum absolute atomic E-state index is 14.6. The maximum atomic E-state index is 14.6. The molecule has 0 saturated heterocycles. The quantitative estimate of drug-likeness (QED) is 0.411. The lowest BCUT2D eigenvalue weighted by atomic mass is 9.78. The molecule has 0 bridgehead atoms. The van der Waals surface area contributed by atoms with Crippen molar-refractivity contribution in [1.29, 1.82) is 0 Å². The van der Waals surface area contributed by atoms with E-state index in [1.807, 2.05) is 31.2 Å². The lowest BCUT2D eigenvalue weighted by Crippen LogP contribution is -2.13.